The summed E-state index contributed by atoms with van der Waals surface area (Å²) in [5.41, 5.74) is 3.58. The van der Waals surface area contributed by atoms with E-state index in [2.05, 4.69) is 9.97 Å². The third-order valence-corrected chi connectivity index (χ3v) is 3.28. The number of nitrogens with zero attached hydrogens (tertiary/aromatic N) is 2. The van der Waals surface area contributed by atoms with E-state index < -0.39 is 5.97 Å². The molecule has 0 saturated carbocycles. The number of carboxylic acids is 1. The number of benzene rings is 2. The third kappa shape index (κ3) is 3.01. The fraction of sp³-hybridized carbons (Fsp3) is 0.0556. The van der Waals surface area contributed by atoms with Crippen LogP contribution in [0.15, 0.2) is 66.9 Å². The first-order valence-corrected chi connectivity index (χ1v) is 6.92. The first-order valence-electron chi connectivity index (χ1n) is 6.92. The van der Waals surface area contributed by atoms with E-state index in [-0.39, 0.29) is 6.42 Å². The normalized spacial score (nSPS) is 10.4. The molecule has 0 bridgehead atoms. The van der Waals surface area contributed by atoms with Crippen molar-refractivity contribution in [1.82, 2.24) is 9.97 Å². The number of carboxylic acid groups (broad SMARTS) is 1. The smallest absolute Gasteiger partial charge is 0.311 e. The lowest BCUT2D eigenvalue weighted by molar-refractivity contribution is -0.136. The lowest BCUT2D eigenvalue weighted by Crippen LogP contribution is -2.06. The minimum atomic E-state index is -0.938. The lowest BCUT2D eigenvalue weighted by Gasteiger charge is -2.10. The summed E-state index contributed by atoms with van der Waals surface area (Å²) in [5.74, 6) is -0.627. The second-order valence-electron chi connectivity index (χ2n) is 4.85. The second-order valence-corrected chi connectivity index (χ2v) is 4.85. The van der Waals surface area contributed by atoms with E-state index in [9.17, 15) is 4.79 Å². The van der Waals surface area contributed by atoms with Crippen molar-refractivity contribution < 1.29 is 9.90 Å². The summed E-state index contributed by atoms with van der Waals surface area (Å²) in [4.78, 5) is 19.5. The summed E-state index contributed by atoms with van der Waals surface area (Å²) in [6, 6.07) is 19.6. The first-order chi connectivity index (χ1) is 10.7. The van der Waals surface area contributed by atoms with Gasteiger partial charge >= 0.3 is 5.97 Å². The fourth-order valence-electron chi connectivity index (χ4n) is 2.28. The van der Waals surface area contributed by atoms with Crippen molar-refractivity contribution in [2.75, 3.05) is 0 Å². The Bertz CT molecular complexity index is 787. The van der Waals surface area contributed by atoms with E-state index in [1.165, 1.54) is 0 Å². The molecular formula is C18H14N2O2. The Morgan fingerprint density at radius 2 is 1.50 bits per heavy atom. The monoisotopic (exact) mass is 290 g/mol. The van der Waals surface area contributed by atoms with E-state index in [0.717, 1.165) is 22.4 Å². The van der Waals surface area contributed by atoms with Gasteiger partial charge in [-0.3, -0.25) is 4.79 Å². The van der Waals surface area contributed by atoms with Gasteiger partial charge in [-0.2, -0.15) is 0 Å². The molecule has 0 amide bonds. The Balaban J connectivity index is 2.15. The van der Waals surface area contributed by atoms with Gasteiger partial charge < -0.3 is 5.11 Å². The fourth-order valence-corrected chi connectivity index (χ4v) is 2.28. The first kappa shape index (κ1) is 13.9. The number of carbonyl (C=O) groups is 1. The van der Waals surface area contributed by atoms with Crippen molar-refractivity contribution >= 4 is 5.97 Å². The minimum Gasteiger partial charge on any atom is -0.481 e. The molecule has 0 fully saturated rings. The molecule has 4 nitrogen and oxygen atoms in total. The summed E-state index contributed by atoms with van der Waals surface area (Å²) in [6.45, 7) is 0. The molecule has 2 aromatic carbocycles. The highest BCUT2D eigenvalue weighted by Crippen LogP contribution is 2.29. The molecular weight excluding hydrogens is 276 g/mol. The van der Waals surface area contributed by atoms with Crippen molar-refractivity contribution in [3.8, 4) is 22.4 Å². The predicted octanol–water partition coefficient (Wildman–Crippen LogP) is 3.44. The molecule has 0 aliphatic heterocycles. The molecule has 1 aromatic heterocycles. The molecule has 0 aliphatic carbocycles. The zero-order valence-corrected chi connectivity index (χ0v) is 11.8. The van der Waals surface area contributed by atoms with Crippen LogP contribution in [0, 0.1) is 0 Å². The number of aromatic nitrogens is 2. The Labute approximate surface area is 128 Å². The van der Waals surface area contributed by atoms with Gasteiger partial charge in [0.2, 0.25) is 0 Å². The van der Waals surface area contributed by atoms with Crippen LogP contribution in [-0.4, -0.2) is 21.0 Å². The zero-order chi connectivity index (χ0) is 15.4. The highest BCUT2D eigenvalue weighted by molar-refractivity contribution is 5.80. The van der Waals surface area contributed by atoms with Crippen molar-refractivity contribution in [3.05, 3.63) is 72.7 Å². The van der Waals surface area contributed by atoms with Crippen LogP contribution in [0.1, 0.15) is 5.82 Å². The molecule has 22 heavy (non-hydrogen) atoms. The molecule has 4 heteroatoms. The highest BCUT2D eigenvalue weighted by atomic mass is 16.4. The maximum absolute atomic E-state index is 10.9. The molecule has 3 rings (SSSR count). The van der Waals surface area contributed by atoms with E-state index in [0.29, 0.717) is 5.82 Å². The molecule has 0 radical (unpaired) electrons. The van der Waals surface area contributed by atoms with Crippen LogP contribution in [0.2, 0.25) is 0 Å². The molecule has 0 saturated heterocycles. The summed E-state index contributed by atoms with van der Waals surface area (Å²) in [7, 11) is 0. The van der Waals surface area contributed by atoms with Gasteiger partial charge in [0.1, 0.15) is 12.2 Å². The molecule has 1 heterocycles. The van der Waals surface area contributed by atoms with Crippen molar-refractivity contribution in [3.63, 3.8) is 0 Å². The average molecular weight is 290 g/mol. The third-order valence-electron chi connectivity index (χ3n) is 3.28. The van der Waals surface area contributed by atoms with Crippen LogP contribution in [0.25, 0.3) is 22.4 Å². The predicted molar refractivity (Wildman–Crippen MR) is 84.2 cm³/mol. The van der Waals surface area contributed by atoms with Gasteiger partial charge in [0.15, 0.2) is 0 Å². The standard InChI is InChI=1S/C18H14N2O2/c21-17(22)11-16-19-12-15(13-7-3-1-4-8-13)18(20-16)14-9-5-2-6-10-14/h1-10,12H,11H2,(H,21,22). The molecule has 1 N–H and O–H groups in total. The Hall–Kier alpha value is -3.01. The highest BCUT2D eigenvalue weighted by Gasteiger charge is 2.12. The van der Waals surface area contributed by atoms with Gasteiger partial charge in [0, 0.05) is 17.3 Å². The Morgan fingerprint density at radius 3 is 2.09 bits per heavy atom. The van der Waals surface area contributed by atoms with Crippen molar-refractivity contribution in [2.45, 2.75) is 6.42 Å². The largest absolute Gasteiger partial charge is 0.481 e. The molecule has 0 aliphatic rings. The second kappa shape index (κ2) is 6.18. The van der Waals surface area contributed by atoms with Gasteiger partial charge in [-0.1, -0.05) is 60.7 Å². The number of aliphatic carboxylic acids is 1. The lowest BCUT2D eigenvalue weighted by atomic mass is 10.0. The van der Waals surface area contributed by atoms with E-state index in [1.54, 1.807) is 6.20 Å². The van der Waals surface area contributed by atoms with E-state index in [1.807, 2.05) is 60.7 Å². The zero-order valence-electron chi connectivity index (χ0n) is 11.8. The molecule has 0 atom stereocenters. The maximum atomic E-state index is 10.9. The summed E-state index contributed by atoms with van der Waals surface area (Å²) >= 11 is 0. The van der Waals surface area contributed by atoms with Gasteiger partial charge in [-0.25, -0.2) is 9.97 Å². The van der Waals surface area contributed by atoms with E-state index >= 15 is 0 Å². The quantitative estimate of drug-likeness (QED) is 0.799. The Kier molecular flexibility index (Phi) is 3.92. The molecule has 3 aromatic rings. The van der Waals surface area contributed by atoms with Gasteiger partial charge in [-0.05, 0) is 5.56 Å². The summed E-state index contributed by atoms with van der Waals surface area (Å²) in [6.07, 6.45) is 1.51. The van der Waals surface area contributed by atoms with Crippen LogP contribution in [0.4, 0.5) is 0 Å². The van der Waals surface area contributed by atoms with Crippen LogP contribution < -0.4 is 0 Å². The topological polar surface area (TPSA) is 63.1 Å². The van der Waals surface area contributed by atoms with Gasteiger partial charge in [-0.15, -0.1) is 0 Å². The van der Waals surface area contributed by atoms with Crippen molar-refractivity contribution in [2.24, 2.45) is 0 Å². The number of hydrogen-bond donors (Lipinski definition) is 1. The van der Waals surface area contributed by atoms with Crippen LogP contribution in [0.5, 0.6) is 0 Å². The van der Waals surface area contributed by atoms with E-state index in [4.69, 9.17) is 5.11 Å². The van der Waals surface area contributed by atoms with Gasteiger partial charge in [0.25, 0.3) is 0 Å². The SMILES string of the molecule is O=C(O)Cc1ncc(-c2ccccc2)c(-c2ccccc2)n1. The summed E-state index contributed by atoms with van der Waals surface area (Å²) in [5, 5.41) is 8.93. The minimum absolute atomic E-state index is 0.186. The average Bonchev–Trinajstić information content (AvgIpc) is 2.56. The van der Waals surface area contributed by atoms with Crippen molar-refractivity contribution in [1.29, 1.82) is 0 Å². The van der Waals surface area contributed by atoms with Crippen LogP contribution in [-0.2, 0) is 11.2 Å². The van der Waals surface area contributed by atoms with Gasteiger partial charge in [0.05, 0.1) is 5.69 Å². The summed E-state index contributed by atoms with van der Waals surface area (Å²) < 4.78 is 0. The van der Waals surface area contributed by atoms with Crippen LogP contribution >= 0.6 is 0 Å². The molecule has 0 unspecified atom stereocenters. The molecule has 108 valence electrons. The maximum Gasteiger partial charge on any atom is 0.311 e. The Morgan fingerprint density at radius 1 is 0.909 bits per heavy atom. The number of rotatable bonds is 4. The molecule has 0 spiro atoms. The van der Waals surface area contributed by atoms with Crippen LogP contribution in [0.3, 0.4) is 0 Å². The number of hydrogen-bond acceptors (Lipinski definition) is 3.